The van der Waals surface area contributed by atoms with Crippen LogP contribution in [0.2, 0.25) is 5.02 Å². The molecule has 1 N–H and O–H groups in total. The molecule has 2 aliphatic rings. The molecule has 138 valence electrons. The first-order valence-corrected chi connectivity index (χ1v) is 10.7. The molecule has 0 unspecified atom stereocenters. The van der Waals surface area contributed by atoms with Crippen molar-refractivity contribution < 1.29 is 13.2 Å². The van der Waals surface area contributed by atoms with Gasteiger partial charge in [-0.25, -0.2) is 8.42 Å². The van der Waals surface area contributed by atoms with Crippen LogP contribution in [-0.4, -0.2) is 69.0 Å². The van der Waals surface area contributed by atoms with E-state index in [4.69, 9.17) is 11.6 Å². The minimum Gasteiger partial charge on any atom is -0.368 e. The SMILES string of the molecule is C[C@@]1(NC(=O)CN2CCN(c3ccccc3Cl)CC2)CCS(=O)(=O)C1. The van der Waals surface area contributed by atoms with Gasteiger partial charge in [0, 0.05) is 26.2 Å². The fourth-order valence-electron chi connectivity index (χ4n) is 3.54. The first-order valence-electron chi connectivity index (χ1n) is 8.50. The standard InChI is InChI=1S/C17H24ClN3O3S/c1-17(6-11-25(23,24)13-17)19-16(22)12-20-7-9-21(10-8-20)15-5-3-2-4-14(15)18/h2-5H,6-13H2,1H3,(H,19,22)/t17-/m1/s1. The Bertz CT molecular complexity index is 747. The van der Waals surface area contributed by atoms with Gasteiger partial charge in [-0.3, -0.25) is 9.69 Å². The third-order valence-corrected chi connectivity index (χ3v) is 7.10. The largest absolute Gasteiger partial charge is 0.368 e. The lowest BCUT2D eigenvalue weighted by molar-refractivity contribution is -0.123. The van der Waals surface area contributed by atoms with Crippen LogP contribution in [0.5, 0.6) is 0 Å². The molecular weight excluding hydrogens is 362 g/mol. The lowest BCUT2D eigenvalue weighted by atomic mass is 10.0. The normalized spacial score (nSPS) is 26.6. The van der Waals surface area contributed by atoms with Crippen LogP contribution >= 0.6 is 11.6 Å². The van der Waals surface area contributed by atoms with Crippen molar-refractivity contribution in [3.05, 3.63) is 29.3 Å². The second-order valence-electron chi connectivity index (χ2n) is 7.17. The van der Waals surface area contributed by atoms with Crippen LogP contribution in [0.3, 0.4) is 0 Å². The predicted octanol–water partition coefficient (Wildman–Crippen LogP) is 1.16. The summed E-state index contributed by atoms with van der Waals surface area (Å²) in [6.45, 7) is 5.27. The molecule has 1 amide bonds. The van der Waals surface area contributed by atoms with Crippen molar-refractivity contribution in [3.63, 3.8) is 0 Å². The second-order valence-corrected chi connectivity index (χ2v) is 9.76. The molecule has 0 bridgehead atoms. The third kappa shape index (κ3) is 4.65. The molecule has 8 heteroatoms. The number of halogens is 1. The Morgan fingerprint density at radius 1 is 1.24 bits per heavy atom. The van der Waals surface area contributed by atoms with Gasteiger partial charge in [0.1, 0.15) is 0 Å². The number of anilines is 1. The maximum Gasteiger partial charge on any atom is 0.234 e. The Labute approximate surface area is 154 Å². The highest BCUT2D eigenvalue weighted by Gasteiger charge is 2.39. The summed E-state index contributed by atoms with van der Waals surface area (Å²) >= 11 is 6.24. The minimum absolute atomic E-state index is 0.0338. The molecule has 0 aliphatic carbocycles. The summed E-state index contributed by atoms with van der Waals surface area (Å²) in [5.74, 6) is 0.0811. The zero-order valence-electron chi connectivity index (χ0n) is 14.4. The van der Waals surface area contributed by atoms with Gasteiger partial charge in [0.25, 0.3) is 0 Å². The van der Waals surface area contributed by atoms with Crippen LogP contribution in [0.4, 0.5) is 5.69 Å². The van der Waals surface area contributed by atoms with E-state index in [0.717, 1.165) is 36.9 Å². The van der Waals surface area contributed by atoms with Crippen LogP contribution < -0.4 is 10.2 Å². The third-order valence-electron chi connectivity index (χ3n) is 4.88. The summed E-state index contributed by atoms with van der Waals surface area (Å²) in [6.07, 6.45) is 0.487. The molecular formula is C17H24ClN3O3S. The van der Waals surface area contributed by atoms with Gasteiger partial charge in [-0.05, 0) is 25.5 Å². The minimum atomic E-state index is -3.02. The Morgan fingerprint density at radius 3 is 2.52 bits per heavy atom. The number of carbonyl (C=O) groups is 1. The summed E-state index contributed by atoms with van der Waals surface area (Å²) in [6, 6.07) is 7.77. The topological polar surface area (TPSA) is 69.7 Å². The van der Waals surface area contributed by atoms with E-state index in [1.54, 1.807) is 0 Å². The maximum absolute atomic E-state index is 12.3. The zero-order chi connectivity index (χ0) is 18.1. The fraction of sp³-hybridized carbons (Fsp3) is 0.588. The van der Waals surface area contributed by atoms with E-state index in [0.29, 0.717) is 13.0 Å². The molecule has 2 heterocycles. The number of amides is 1. The summed E-state index contributed by atoms with van der Waals surface area (Å²) < 4.78 is 23.3. The van der Waals surface area contributed by atoms with Gasteiger partial charge >= 0.3 is 0 Å². The smallest absolute Gasteiger partial charge is 0.234 e. The van der Waals surface area contributed by atoms with E-state index in [-0.39, 0.29) is 17.4 Å². The van der Waals surface area contributed by atoms with Gasteiger partial charge in [-0.1, -0.05) is 23.7 Å². The Morgan fingerprint density at radius 2 is 1.92 bits per heavy atom. The highest BCUT2D eigenvalue weighted by molar-refractivity contribution is 7.91. The van der Waals surface area contributed by atoms with E-state index in [1.807, 2.05) is 31.2 Å². The van der Waals surface area contributed by atoms with Crippen LogP contribution in [0.15, 0.2) is 24.3 Å². The highest BCUT2D eigenvalue weighted by atomic mass is 35.5. The summed E-state index contributed by atoms with van der Waals surface area (Å²) in [4.78, 5) is 16.6. The van der Waals surface area contributed by atoms with Crippen LogP contribution in [0.25, 0.3) is 0 Å². The van der Waals surface area contributed by atoms with Crippen molar-refractivity contribution in [2.24, 2.45) is 0 Å². The molecule has 0 saturated carbocycles. The predicted molar refractivity (Wildman–Crippen MR) is 99.9 cm³/mol. The molecule has 0 spiro atoms. The number of nitrogens with zero attached hydrogens (tertiary/aromatic N) is 2. The molecule has 2 saturated heterocycles. The molecule has 1 atom stereocenters. The molecule has 3 rings (SSSR count). The monoisotopic (exact) mass is 385 g/mol. The number of benzene rings is 1. The van der Waals surface area contributed by atoms with Gasteiger partial charge in [0.15, 0.2) is 9.84 Å². The molecule has 0 radical (unpaired) electrons. The number of rotatable bonds is 4. The molecule has 1 aromatic rings. The van der Waals surface area contributed by atoms with Crippen molar-refractivity contribution in [3.8, 4) is 0 Å². The Kier molecular flexibility index (Phi) is 5.27. The van der Waals surface area contributed by atoms with Gasteiger partial charge in [-0.2, -0.15) is 0 Å². The summed E-state index contributed by atoms with van der Waals surface area (Å²) in [7, 11) is -3.02. The fourth-order valence-corrected chi connectivity index (χ4v) is 5.89. The Balaban J connectivity index is 1.49. The van der Waals surface area contributed by atoms with E-state index >= 15 is 0 Å². The molecule has 6 nitrogen and oxygen atoms in total. The molecule has 1 aromatic carbocycles. The maximum atomic E-state index is 12.3. The molecule has 2 fully saturated rings. The highest BCUT2D eigenvalue weighted by Crippen LogP contribution is 2.26. The first kappa shape index (κ1) is 18.5. The van der Waals surface area contributed by atoms with Crippen molar-refractivity contribution in [2.45, 2.75) is 18.9 Å². The van der Waals surface area contributed by atoms with Gasteiger partial charge in [0.05, 0.1) is 34.3 Å². The van der Waals surface area contributed by atoms with Crippen LogP contribution in [0, 0.1) is 0 Å². The number of carbonyl (C=O) groups excluding carboxylic acids is 1. The molecule has 2 aliphatic heterocycles. The van der Waals surface area contributed by atoms with Crippen molar-refractivity contribution >= 4 is 33.0 Å². The summed E-state index contributed by atoms with van der Waals surface area (Å²) in [5, 5.41) is 3.66. The quantitative estimate of drug-likeness (QED) is 0.842. The lowest BCUT2D eigenvalue weighted by Crippen LogP contribution is -2.53. The van der Waals surface area contributed by atoms with E-state index in [1.165, 1.54) is 0 Å². The van der Waals surface area contributed by atoms with Gasteiger partial charge in [-0.15, -0.1) is 0 Å². The van der Waals surface area contributed by atoms with Crippen molar-refractivity contribution in [2.75, 3.05) is 49.1 Å². The van der Waals surface area contributed by atoms with E-state index < -0.39 is 15.4 Å². The number of para-hydroxylation sites is 1. The van der Waals surface area contributed by atoms with Gasteiger partial charge in [0.2, 0.25) is 5.91 Å². The number of hydrogen-bond donors (Lipinski definition) is 1. The van der Waals surface area contributed by atoms with E-state index in [2.05, 4.69) is 15.1 Å². The molecule has 25 heavy (non-hydrogen) atoms. The number of piperazine rings is 1. The first-order chi connectivity index (χ1) is 11.8. The van der Waals surface area contributed by atoms with Crippen molar-refractivity contribution in [1.82, 2.24) is 10.2 Å². The zero-order valence-corrected chi connectivity index (χ0v) is 15.9. The van der Waals surface area contributed by atoms with Crippen LogP contribution in [0.1, 0.15) is 13.3 Å². The second kappa shape index (κ2) is 7.13. The lowest BCUT2D eigenvalue weighted by Gasteiger charge is -2.36. The average Bonchev–Trinajstić information content (AvgIpc) is 2.81. The Hall–Kier alpha value is -1.31. The van der Waals surface area contributed by atoms with Crippen molar-refractivity contribution in [1.29, 1.82) is 0 Å². The number of hydrogen-bond acceptors (Lipinski definition) is 5. The number of sulfone groups is 1. The van der Waals surface area contributed by atoms with Gasteiger partial charge < -0.3 is 10.2 Å². The summed E-state index contributed by atoms with van der Waals surface area (Å²) in [5.41, 5.74) is 0.395. The number of nitrogens with one attached hydrogen (secondary N) is 1. The average molecular weight is 386 g/mol. The molecule has 0 aromatic heterocycles. The van der Waals surface area contributed by atoms with E-state index in [9.17, 15) is 13.2 Å². The van der Waals surface area contributed by atoms with Crippen LogP contribution in [-0.2, 0) is 14.6 Å².